The minimum atomic E-state index is -0.632. The van der Waals surface area contributed by atoms with Gasteiger partial charge in [-0.1, -0.05) is 0 Å². The summed E-state index contributed by atoms with van der Waals surface area (Å²) in [5.74, 6) is -0.0863. The molecule has 0 bridgehead atoms. The summed E-state index contributed by atoms with van der Waals surface area (Å²) in [6, 6.07) is 0. The van der Waals surface area contributed by atoms with Crippen molar-refractivity contribution in [3.05, 3.63) is 0 Å². The average molecular weight is 224 g/mol. The molecule has 3 nitrogen and oxygen atoms in total. The Morgan fingerprint density at radius 3 is 2.55 bits per heavy atom. The maximum atomic E-state index is 10.3. The summed E-state index contributed by atoms with van der Waals surface area (Å²) in [5.41, 5.74) is 0. The summed E-state index contributed by atoms with van der Waals surface area (Å²) in [4.78, 5) is 10.3. The van der Waals surface area contributed by atoms with Crippen LogP contribution in [-0.2, 0) is 4.79 Å². The van der Waals surface area contributed by atoms with Gasteiger partial charge in [-0.25, -0.2) is 0 Å². The van der Waals surface area contributed by atoms with E-state index in [1.54, 1.807) is 0 Å². The maximum absolute atomic E-state index is 10.3. The van der Waals surface area contributed by atoms with Crippen LogP contribution in [0, 0.1) is 11.8 Å². The van der Waals surface area contributed by atoms with Crippen LogP contribution in [0.15, 0.2) is 0 Å². The van der Waals surface area contributed by atoms with Crippen LogP contribution in [0.2, 0.25) is 0 Å². The first-order valence-corrected chi connectivity index (χ1v) is 3.61. The monoisotopic (exact) mass is 223 g/mol. The maximum Gasteiger partial charge on any atom is 0.306 e. The lowest BCUT2D eigenvalue weighted by Crippen LogP contribution is -2.35. The van der Waals surface area contributed by atoms with Crippen molar-refractivity contribution in [1.82, 2.24) is 5.32 Å². The highest BCUT2D eigenvalue weighted by atomic mass is 79.9. The molecule has 0 aliphatic heterocycles. The average Bonchev–Trinajstić information content (AvgIpc) is 1.76. The Bertz CT molecular complexity index is 134. The lowest BCUT2D eigenvalue weighted by atomic mass is 9.75. The molecular formula is C7H14BrNO2. The Hall–Kier alpha value is -0.0900. The normalized spacial score (nSPS) is 28.5. The van der Waals surface area contributed by atoms with E-state index in [4.69, 9.17) is 5.11 Å². The van der Waals surface area contributed by atoms with Gasteiger partial charge >= 0.3 is 5.97 Å². The zero-order valence-electron chi connectivity index (χ0n) is 6.54. The van der Waals surface area contributed by atoms with Crippen LogP contribution in [-0.4, -0.2) is 24.7 Å². The molecule has 0 saturated heterocycles. The second-order valence-corrected chi connectivity index (χ2v) is 2.93. The number of hydrogen-bond acceptors (Lipinski definition) is 2. The zero-order valence-corrected chi connectivity index (χ0v) is 8.25. The predicted octanol–water partition coefficient (Wildman–Crippen LogP) is 0.894. The van der Waals surface area contributed by atoms with E-state index in [0.717, 1.165) is 19.4 Å². The second-order valence-electron chi connectivity index (χ2n) is 2.93. The molecule has 1 fully saturated rings. The Morgan fingerprint density at radius 1 is 1.64 bits per heavy atom. The molecule has 0 aromatic heterocycles. The minimum Gasteiger partial charge on any atom is -0.481 e. The number of carbonyl (C=O) groups is 1. The Labute approximate surface area is 76.9 Å². The third-order valence-electron chi connectivity index (χ3n) is 2.08. The van der Waals surface area contributed by atoms with Crippen molar-refractivity contribution in [2.45, 2.75) is 12.8 Å². The first kappa shape index (κ1) is 10.9. The van der Waals surface area contributed by atoms with Crippen molar-refractivity contribution in [2.24, 2.45) is 11.8 Å². The fourth-order valence-corrected chi connectivity index (χ4v) is 1.39. The van der Waals surface area contributed by atoms with Crippen molar-refractivity contribution in [3.63, 3.8) is 0 Å². The molecule has 2 N–H and O–H groups in total. The predicted molar refractivity (Wildman–Crippen MR) is 48.1 cm³/mol. The Balaban J connectivity index is 0.000001000. The molecule has 66 valence electrons. The van der Waals surface area contributed by atoms with Gasteiger partial charge in [-0.2, -0.15) is 0 Å². The number of hydrogen-bond donors (Lipinski definition) is 2. The van der Waals surface area contributed by atoms with E-state index in [2.05, 4.69) is 5.32 Å². The number of aliphatic carboxylic acids is 1. The summed E-state index contributed by atoms with van der Waals surface area (Å²) in [6.07, 6.45) is 1.71. The summed E-state index contributed by atoms with van der Waals surface area (Å²) in [6.45, 7) is 0.962. The molecule has 1 aliphatic rings. The van der Waals surface area contributed by atoms with E-state index in [9.17, 15) is 4.79 Å². The number of rotatable bonds is 3. The lowest BCUT2D eigenvalue weighted by molar-refractivity contribution is -0.146. The summed E-state index contributed by atoms with van der Waals surface area (Å²) < 4.78 is 0. The summed E-state index contributed by atoms with van der Waals surface area (Å²) >= 11 is 0. The van der Waals surface area contributed by atoms with Crippen molar-refractivity contribution >= 4 is 23.0 Å². The fourth-order valence-electron chi connectivity index (χ4n) is 1.39. The molecule has 0 atom stereocenters. The van der Waals surface area contributed by atoms with Gasteiger partial charge in [0, 0.05) is 0 Å². The van der Waals surface area contributed by atoms with E-state index >= 15 is 0 Å². The fraction of sp³-hybridized carbons (Fsp3) is 0.857. The second kappa shape index (κ2) is 4.72. The zero-order chi connectivity index (χ0) is 7.56. The first-order chi connectivity index (χ1) is 4.74. The van der Waals surface area contributed by atoms with Crippen molar-refractivity contribution in [1.29, 1.82) is 0 Å². The highest BCUT2D eigenvalue weighted by Gasteiger charge is 2.33. The van der Waals surface area contributed by atoms with Gasteiger partial charge in [0.25, 0.3) is 0 Å². The summed E-state index contributed by atoms with van der Waals surface area (Å²) in [5, 5.41) is 11.5. The van der Waals surface area contributed by atoms with Crippen LogP contribution in [0.1, 0.15) is 12.8 Å². The van der Waals surface area contributed by atoms with Crippen LogP contribution in [0.25, 0.3) is 0 Å². The van der Waals surface area contributed by atoms with Gasteiger partial charge in [0.2, 0.25) is 0 Å². The van der Waals surface area contributed by atoms with E-state index in [1.807, 2.05) is 7.05 Å². The van der Waals surface area contributed by atoms with Gasteiger partial charge in [0.15, 0.2) is 0 Å². The third-order valence-corrected chi connectivity index (χ3v) is 2.08. The molecule has 1 rings (SSSR count). The van der Waals surface area contributed by atoms with Crippen LogP contribution in [0.5, 0.6) is 0 Å². The lowest BCUT2D eigenvalue weighted by Gasteiger charge is -2.31. The van der Waals surface area contributed by atoms with E-state index in [-0.39, 0.29) is 22.9 Å². The molecule has 0 aromatic carbocycles. The number of halogens is 1. The highest BCUT2D eigenvalue weighted by molar-refractivity contribution is 8.93. The van der Waals surface area contributed by atoms with Crippen LogP contribution in [0.4, 0.5) is 0 Å². The topological polar surface area (TPSA) is 49.3 Å². The van der Waals surface area contributed by atoms with Crippen LogP contribution in [0.3, 0.4) is 0 Å². The smallest absolute Gasteiger partial charge is 0.306 e. The quantitative estimate of drug-likeness (QED) is 0.748. The third kappa shape index (κ3) is 2.79. The number of carboxylic acids is 1. The molecule has 0 heterocycles. The van der Waals surface area contributed by atoms with Crippen molar-refractivity contribution in [2.75, 3.05) is 13.6 Å². The first-order valence-electron chi connectivity index (χ1n) is 3.61. The van der Waals surface area contributed by atoms with Crippen LogP contribution >= 0.6 is 17.0 Å². The van der Waals surface area contributed by atoms with Gasteiger partial charge in [-0.05, 0) is 32.4 Å². The standard InChI is InChI=1S/C7H13NO2.BrH/c1-8-4-5-2-6(3-5)7(9)10;/h5-6,8H,2-4H2,1H3,(H,9,10);1H. The number of nitrogens with one attached hydrogen (secondary N) is 1. The summed E-state index contributed by atoms with van der Waals surface area (Å²) in [7, 11) is 1.90. The van der Waals surface area contributed by atoms with Gasteiger partial charge in [-0.15, -0.1) is 17.0 Å². The minimum absolute atomic E-state index is 0. The SMILES string of the molecule is Br.CNCC1CC(C(=O)O)C1. The molecule has 11 heavy (non-hydrogen) atoms. The van der Waals surface area contributed by atoms with E-state index in [0.29, 0.717) is 5.92 Å². The van der Waals surface area contributed by atoms with Gasteiger partial charge < -0.3 is 10.4 Å². The Morgan fingerprint density at radius 2 is 2.18 bits per heavy atom. The number of carboxylic acid groups (broad SMARTS) is 1. The molecule has 0 unspecified atom stereocenters. The molecule has 0 amide bonds. The highest BCUT2D eigenvalue weighted by Crippen LogP contribution is 2.32. The molecule has 0 radical (unpaired) electrons. The van der Waals surface area contributed by atoms with Gasteiger partial charge in [0.05, 0.1) is 5.92 Å². The molecule has 4 heteroatoms. The van der Waals surface area contributed by atoms with E-state index in [1.165, 1.54) is 0 Å². The van der Waals surface area contributed by atoms with Crippen molar-refractivity contribution < 1.29 is 9.90 Å². The van der Waals surface area contributed by atoms with Gasteiger partial charge in [-0.3, -0.25) is 4.79 Å². The van der Waals surface area contributed by atoms with Gasteiger partial charge in [0.1, 0.15) is 0 Å². The molecule has 0 spiro atoms. The Kier molecular flexibility index (Phi) is 4.68. The molecule has 1 saturated carbocycles. The van der Waals surface area contributed by atoms with Crippen LogP contribution < -0.4 is 5.32 Å². The van der Waals surface area contributed by atoms with E-state index < -0.39 is 5.97 Å². The largest absolute Gasteiger partial charge is 0.481 e. The molecular weight excluding hydrogens is 210 g/mol. The molecule has 0 aromatic rings. The van der Waals surface area contributed by atoms with Crippen molar-refractivity contribution in [3.8, 4) is 0 Å². The molecule has 1 aliphatic carbocycles.